The Labute approximate surface area is 83.6 Å². The van der Waals surface area contributed by atoms with Gasteiger partial charge in [-0.3, -0.25) is 0 Å². The second-order valence-corrected chi connectivity index (χ2v) is 3.55. The highest BCUT2D eigenvalue weighted by Crippen LogP contribution is 2.16. The SMILES string of the molecule is CCC(C)(C)Oc1nccc(C#N)n1. The lowest BCUT2D eigenvalue weighted by Gasteiger charge is -2.22. The number of hydrogen-bond acceptors (Lipinski definition) is 4. The van der Waals surface area contributed by atoms with Gasteiger partial charge >= 0.3 is 6.01 Å². The smallest absolute Gasteiger partial charge is 0.318 e. The fraction of sp³-hybridized carbons (Fsp3) is 0.500. The first-order chi connectivity index (χ1) is 6.57. The lowest BCUT2D eigenvalue weighted by atomic mass is 10.1. The molecule has 0 aliphatic heterocycles. The van der Waals surface area contributed by atoms with Gasteiger partial charge in [-0.1, -0.05) is 6.92 Å². The summed E-state index contributed by atoms with van der Waals surface area (Å²) in [4.78, 5) is 7.87. The normalized spacial score (nSPS) is 10.7. The van der Waals surface area contributed by atoms with Crippen LogP contribution < -0.4 is 4.74 Å². The standard InChI is InChI=1S/C10H13N3O/c1-4-10(2,3)14-9-12-6-5-8(7-11)13-9/h5-6H,4H2,1-3H3. The summed E-state index contributed by atoms with van der Waals surface area (Å²) in [6, 6.07) is 3.75. The number of aromatic nitrogens is 2. The van der Waals surface area contributed by atoms with E-state index in [9.17, 15) is 0 Å². The van der Waals surface area contributed by atoms with Crippen molar-refractivity contribution in [3.8, 4) is 12.1 Å². The molecule has 0 atom stereocenters. The first-order valence-electron chi connectivity index (χ1n) is 4.49. The fourth-order valence-corrected chi connectivity index (χ4v) is 0.772. The van der Waals surface area contributed by atoms with Gasteiger partial charge in [-0.15, -0.1) is 0 Å². The van der Waals surface area contributed by atoms with Crippen LogP contribution in [0.4, 0.5) is 0 Å². The molecular weight excluding hydrogens is 178 g/mol. The van der Waals surface area contributed by atoms with E-state index < -0.39 is 0 Å². The topological polar surface area (TPSA) is 58.8 Å². The molecule has 0 spiro atoms. The molecule has 4 heteroatoms. The highest BCUT2D eigenvalue weighted by molar-refractivity contribution is 5.19. The van der Waals surface area contributed by atoms with E-state index in [2.05, 4.69) is 9.97 Å². The Bertz CT molecular complexity index is 355. The van der Waals surface area contributed by atoms with Gasteiger partial charge in [0, 0.05) is 6.20 Å². The van der Waals surface area contributed by atoms with Crippen LogP contribution in [0.1, 0.15) is 32.9 Å². The third kappa shape index (κ3) is 2.70. The average Bonchev–Trinajstić information content (AvgIpc) is 2.17. The molecule has 0 radical (unpaired) electrons. The van der Waals surface area contributed by atoms with E-state index in [0.29, 0.717) is 5.69 Å². The second kappa shape index (κ2) is 4.05. The van der Waals surface area contributed by atoms with E-state index in [4.69, 9.17) is 10.00 Å². The van der Waals surface area contributed by atoms with Crippen molar-refractivity contribution in [1.29, 1.82) is 5.26 Å². The summed E-state index contributed by atoms with van der Waals surface area (Å²) in [6.45, 7) is 5.93. The third-order valence-corrected chi connectivity index (χ3v) is 1.97. The molecule has 1 aromatic heterocycles. The van der Waals surface area contributed by atoms with Gasteiger partial charge in [0.1, 0.15) is 17.4 Å². The number of rotatable bonds is 3. The van der Waals surface area contributed by atoms with E-state index in [1.54, 1.807) is 6.07 Å². The van der Waals surface area contributed by atoms with Crippen LogP contribution in [0.15, 0.2) is 12.3 Å². The zero-order valence-electron chi connectivity index (χ0n) is 8.61. The average molecular weight is 191 g/mol. The number of ether oxygens (including phenoxy) is 1. The minimum atomic E-state index is -0.298. The fourth-order valence-electron chi connectivity index (χ4n) is 0.772. The summed E-state index contributed by atoms with van der Waals surface area (Å²) in [5.41, 5.74) is 0.0237. The van der Waals surface area contributed by atoms with Crippen molar-refractivity contribution in [3.63, 3.8) is 0 Å². The van der Waals surface area contributed by atoms with Gasteiger partial charge in [-0.25, -0.2) is 4.98 Å². The van der Waals surface area contributed by atoms with E-state index in [1.807, 2.05) is 26.8 Å². The highest BCUT2D eigenvalue weighted by atomic mass is 16.5. The van der Waals surface area contributed by atoms with Gasteiger partial charge in [0.2, 0.25) is 0 Å². The molecule has 0 aliphatic carbocycles. The third-order valence-electron chi connectivity index (χ3n) is 1.97. The molecule has 1 rings (SSSR count). The highest BCUT2D eigenvalue weighted by Gasteiger charge is 2.18. The Morgan fingerprint density at radius 3 is 2.86 bits per heavy atom. The van der Waals surface area contributed by atoms with Crippen molar-refractivity contribution >= 4 is 0 Å². The second-order valence-electron chi connectivity index (χ2n) is 3.55. The molecular formula is C10H13N3O. The van der Waals surface area contributed by atoms with Crippen molar-refractivity contribution in [2.24, 2.45) is 0 Å². The largest absolute Gasteiger partial charge is 0.457 e. The Hall–Kier alpha value is -1.63. The number of nitrogens with zero attached hydrogens (tertiary/aromatic N) is 3. The van der Waals surface area contributed by atoms with Crippen LogP contribution in [0.25, 0.3) is 0 Å². The molecule has 1 aromatic rings. The Kier molecular flexibility index (Phi) is 3.03. The van der Waals surface area contributed by atoms with Crippen molar-refractivity contribution in [3.05, 3.63) is 18.0 Å². The summed E-state index contributed by atoms with van der Waals surface area (Å²) in [6.07, 6.45) is 2.37. The van der Waals surface area contributed by atoms with Crippen LogP contribution in [-0.2, 0) is 0 Å². The molecule has 0 aromatic carbocycles. The monoisotopic (exact) mass is 191 g/mol. The Morgan fingerprint density at radius 2 is 2.29 bits per heavy atom. The van der Waals surface area contributed by atoms with Crippen LogP contribution in [0.5, 0.6) is 6.01 Å². The maximum Gasteiger partial charge on any atom is 0.318 e. The summed E-state index contributed by atoms with van der Waals surface area (Å²) >= 11 is 0. The van der Waals surface area contributed by atoms with Crippen LogP contribution in [-0.4, -0.2) is 15.6 Å². The van der Waals surface area contributed by atoms with Crippen LogP contribution in [0, 0.1) is 11.3 Å². The molecule has 0 saturated carbocycles. The molecule has 0 fully saturated rings. The van der Waals surface area contributed by atoms with Crippen molar-refractivity contribution in [2.75, 3.05) is 0 Å². The maximum atomic E-state index is 8.62. The van der Waals surface area contributed by atoms with E-state index >= 15 is 0 Å². The van der Waals surface area contributed by atoms with Crippen molar-refractivity contribution in [2.45, 2.75) is 32.8 Å². The zero-order valence-corrected chi connectivity index (χ0v) is 8.61. The van der Waals surface area contributed by atoms with Gasteiger partial charge in [-0.2, -0.15) is 10.2 Å². The van der Waals surface area contributed by atoms with Crippen molar-refractivity contribution in [1.82, 2.24) is 9.97 Å². The molecule has 0 aliphatic rings. The van der Waals surface area contributed by atoms with E-state index in [1.165, 1.54) is 6.20 Å². The molecule has 0 saturated heterocycles. The quantitative estimate of drug-likeness (QED) is 0.732. The molecule has 0 unspecified atom stereocenters. The van der Waals surface area contributed by atoms with Crippen LogP contribution in [0.3, 0.4) is 0 Å². The summed E-state index contributed by atoms with van der Waals surface area (Å²) < 4.78 is 5.52. The zero-order chi connectivity index (χ0) is 10.6. The molecule has 74 valence electrons. The summed E-state index contributed by atoms with van der Waals surface area (Å²) in [5, 5.41) is 8.62. The first-order valence-corrected chi connectivity index (χ1v) is 4.49. The molecule has 0 amide bonds. The van der Waals surface area contributed by atoms with Gasteiger partial charge in [0.05, 0.1) is 0 Å². The molecule has 0 bridgehead atoms. The van der Waals surface area contributed by atoms with Crippen LogP contribution in [0.2, 0.25) is 0 Å². The van der Waals surface area contributed by atoms with Gasteiger partial charge < -0.3 is 4.74 Å². The summed E-state index contributed by atoms with van der Waals surface area (Å²) in [7, 11) is 0. The maximum absolute atomic E-state index is 8.62. The van der Waals surface area contributed by atoms with E-state index in [-0.39, 0.29) is 11.6 Å². The lowest BCUT2D eigenvalue weighted by molar-refractivity contribution is 0.0923. The minimum Gasteiger partial charge on any atom is -0.457 e. The van der Waals surface area contributed by atoms with Gasteiger partial charge in [0.15, 0.2) is 0 Å². The Morgan fingerprint density at radius 1 is 1.57 bits per heavy atom. The predicted molar refractivity (Wildman–Crippen MR) is 51.7 cm³/mol. The predicted octanol–water partition coefficient (Wildman–Crippen LogP) is 1.92. The van der Waals surface area contributed by atoms with E-state index in [0.717, 1.165) is 6.42 Å². The van der Waals surface area contributed by atoms with Gasteiger partial charge in [0.25, 0.3) is 0 Å². The lowest BCUT2D eigenvalue weighted by Crippen LogP contribution is -2.27. The molecule has 14 heavy (non-hydrogen) atoms. The van der Waals surface area contributed by atoms with Crippen LogP contribution >= 0.6 is 0 Å². The molecule has 0 N–H and O–H groups in total. The van der Waals surface area contributed by atoms with Gasteiger partial charge in [-0.05, 0) is 26.3 Å². The Balaban J connectivity index is 2.83. The van der Waals surface area contributed by atoms with Crippen molar-refractivity contribution < 1.29 is 4.74 Å². The summed E-state index contributed by atoms with van der Waals surface area (Å²) in [5.74, 6) is 0. The minimum absolute atomic E-state index is 0.260. The molecule has 1 heterocycles. The number of nitriles is 1. The first kappa shape index (κ1) is 10.5. The molecule has 4 nitrogen and oxygen atoms in total. The number of hydrogen-bond donors (Lipinski definition) is 0.